The Balaban J connectivity index is 1.33. The number of nitrogens with zero attached hydrogens (tertiary/aromatic N) is 2. The van der Waals surface area contributed by atoms with Crippen molar-refractivity contribution < 1.29 is 4.79 Å². The minimum atomic E-state index is 0.0529. The van der Waals surface area contributed by atoms with Gasteiger partial charge < -0.3 is 9.88 Å². The van der Waals surface area contributed by atoms with Crippen LogP contribution in [0.25, 0.3) is 16.8 Å². The SMILES string of the molecule is C=C1C=CN=C(N2CCC(C(=O)C/C=C\C(C)c3ccc(C)cc3)CCC(C)(C)C2)c2cc(-c3ccc(C)cc3)[nH]c21. The molecule has 0 spiro atoms. The molecule has 0 saturated carbocycles. The van der Waals surface area contributed by atoms with Gasteiger partial charge in [-0.1, -0.05) is 99.2 Å². The topological polar surface area (TPSA) is 48.5 Å². The van der Waals surface area contributed by atoms with E-state index in [9.17, 15) is 4.79 Å². The van der Waals surface area contributed by atoms with E-state index in [0.717, 1.165) is 66.3 Å². The summed E-state index contributed by atoms with van der Waals surface area (Å²) >= 11 is 0. The highest BCUT2D eigenvalue weighted by Crippen LogP contribution is 2.35. The zero-order valence-corrected chi connectivity index (χ0v) is 25.9. The number of fused-ring (bicyclic) bond motifs is 1. The van der Waals surface area contributed by atoms with E-state index in [2.05, 4.69) is 118 Å². The van der Waals surface area contributed by atoms with Gasteiger partial charge in [0.2, 0.25) is 0 Å². The molecule has 0 bridgehead atoms. The predicted octanol–water partition coefficient (Wildman–Crippen LogP) is 9.03. The Kier molecular flexibility index (Phi) is 8.82. The van der Waals surface area contributed by atoms with Crippen molar-refractivity contribution in [2.45, 2.75) is 66.2 Å². The van der Waals surface area contributed by atoms with Crippen LogP contribution in [0.5, 0.6) is 0 Å². The molecule has 3 aromatic rings. The average Bonchev–Trinajstić information content (AvgIpc) is 3.33. The second-order valence-corrected chi connectivity index (χ2v) is 13.0. The summed E-state index contributed by atoms with van der Waals surface area (Å²) in [4.78, 5) is 24.5. The Labute approximate surface area is 252 Å². The van der Waals surface area contributed by atoms with Crippen LogP contribution in [-0.2, 0) is 4.79 Å². The Hall–Kier alpha value is -3.92. The van der Waals surface area contributed by atoms with Crippen molar-refractivity contribution in [2.75, 3.05) is 13.1 Å². The number of aliphatic imine (C=N–C) groups is 1. The number of ketones is 1. The minimum absolute atomic E-state index is 0.0529. The fourth-order valence-corrected chi connectivity index (χ4v) is 6.11. The number of hydrogen-bond acceptors (Lipinski definition) is 3. The van der Waals surface area contributed by atoms with Gasteiger partial charge in [0.1, 0.15) is 11.6 Å². The maximum atomic E-state index is 13.5. The molecule has 2 aromatic carbocycles. The Bertz CT molecular complexity index is 1520. The molecule has 4 nitrogen and oxygen atoms in total. The van der Waals surface area contributed by atoms with Crippen molar-refractivity contribution in [3.05, 3.63) is 114 Å². The maximum Gasteiger partial charge on any atom is 0.139 e. The van der Waals surface area contributed by atoms with Crippen molar-refractivity contribution in [3.8, 4) is 11.3 Å². The molecule has 2 atom stereocenters. The molecule has 3 heterocycles. The first-order valence-corrected chi connectivity index (χ1v) is 15.3. The van der Waals surface area contributed by atoms with Gasteiger partial charge in [-0.05, 0) is 73.3 Å². The molecule has 2 aliphatic heterocycles. The van der Waals surface area contributed by atoms with Gasteiger partial charge in [0.05, 0.1) is 5.69 Å². The Morgan fingerprint density at radius 1 is 1.10 bits per heavy atom. The maximum absolute atomic E-state index is 13.5. The van der Waals surface area contributed by atoms with Crippen LogP contribution in [0.1, 0.15) is 80.3 Å². The summed E-state index contributed by atoms with van der Waals surface area (Å²) in [6, 6.07) is 19.5. The van der Waals surface area contributed by atoms with Crippen LogP contribution in [-0.4, -0.2) is 34.6 Å². The summed E-state index contributed by atoms with van der Waals surface area (Å²) in [7, 11) is 0. The Morgan fingerprint density at radius 2 is 1.79 bits per heavy atom. The van der Waals surface area contributed by atoms with E-state index in [1.165, 1.54) is 16.7 Å². The van der Waals surface area contributed by atoms with Crippen molar-refractivity contribution in [1.82, 2.24) is 9.88 Å². The summed E-state index contributed by atoms with van der Waals surface area (Å²) in [5.74, 6) is 1.65. The number of H-pyrrole nitrogens is 1. The molecular weight excluding hydrogens is 514 g/mol. The second-order valence-electron chi connectivity index (χ2n) is 13.0. The van der Waals surface area contributed by atoms with Crippen molar-refractivity contribution in [3.63, 3.8) is 0 Å². The molecule has 1 saturated heterocycles. The van der Waals surface area contributed by atoms with Crippen LogP contribution in [0.3, 0.4) is 0 Å². The fraction of sp³-hybridized carbons (Fsp3) is 0.368. The van der Waals surface area contributed by atoms with Gasteiger partial charge in [0.15, 0.2) is 0 Å². The predicted molar refractivity (Wildman–Crippen MR) is 177 cm³/mol. The third-order valence-corrected chi connectivity index (χ3v) is 8.85. The van der Waals surface area contributed by atoms with Gasteiger partial charge in [-0.2, -0.15) is 0 Å². The number of aryl methyl sites for hydroxylation is 2. The van der Waals surface area contributed by atoms with E-state index < -0.39 is 0 Å². The number of benzene rings is 2. The summed E-state index contributed by atoms with van der Waals surface area (Å²) in [6.07, 6.45) is 11.4. The van der Waals surface area contributed by atoms with Gasteiger partial charge in [-0.3, -0.25) is 4.79 Å². The lowest BCUT2D eigenvalue weighted by molar-refractivity contribution is -0.122. The summed E-state index contributed by atoms with van der Waals surface area (Å²) < 4.78 is 0. The molecule has 1 N–H and O–H groups in total. The van der Waals surface area contributed by atoms with Gasteiger partial charge in [0.25, 0.3) is 0 Å². The van der Waals surface area contributed by atoms with E-state index >= 15 is 0 Å². The molecule has 42 heavy (non-hydrogen) atoms. The number of aromatic amines is 1. The highest BCUT2D eigenvalue weighted by Gasteiger charge is 2.32. The molecule has 5 rings (SSSR count). The largest absolute Gasteiger partial charge is 0.356 e. The molecule has 0 radical (unpaired) electrons. The molecular formula is C38H45N3O. The molecule has 2 unspecified atom stereocenters. The molecule has 2 aliphatic rings. The van der Waals surface area contributed by atoms with Crippen LogP contribution in [0, 0.1) is 25.2 Å². The monoisotopic (exact) mass is 559 g/mol. The van der Waals surface area contributed by atoms with E-state index in [0.29, 0.717) is 18.1 Å². The number of aromatic nitrogens is 1. The highest BCUT2D eigenvalue weighted by molar-refractivity contribution is 6.05. The summed E-state index contributed by atoms with van der Waals surface area (Å²) in [6.45, 7) is 17.0. The number of nitrogens with one attached hydrogen (secondary N) is 1. The number of likely N-dealkylation sites (tertiary alicyclic amines) is 1. The highest BCUT2D eigenvalue weighted by atomic mass is 16.1. The average molecular weight is 560 g/mol. The van der Waals surface area contributed by atoms with Crippen molar-refractivity contribution in [2.24, 2.45) is 16.3 Å². The quantitative estimate of drug-likeness (QED) is 0.306. The van der Waals surface area contributed by atoms with E-state index in [1.807, 2.05) is 12.3 Å². The van der Waals surface area contributed by atoms with Crippen LogP contribution in [0.15, 0.2) is 90.6 Å². The third-order valence-electron chi connectivity index (χ3n) is 8.85. The van der Waals surface area contributed by atoms with Gasteiger partial charge in [0, 0.05) is 42.9 Å². The number of allylic oxidation sites excluding steroid dienone is 4. The second kappa shape index (κ2) is 12.5. The summed E-state index contributed by atoms with van der Waals surface area (Å²) in [5, 5.41) is 0. The molecule has 0 aliphatic carbocycles. The van der Waals surface area contributed by atoms with Crippen molar-refractivity contribution in [1.29, 1.82) is 0 Å². The molecule has 1 fully saturated rings. The number of carbonyl (C=O) groups excluding carboxylic acids is 1. The van der Waals surface area contributed by atoms with E-state index in [1.54, 1.807) is 0 Å². The van der Waals surface area contributed by atoms with Crippen LogP contribution < -0.4 is 0 Å². The van der Waals surface area contributed by atoms with Crippen LogP contribution >= 0.6 is 0 Å². The molecule has 218 valence electrons. The van der Waals surface area contributed by atoms with Crippen molar-refractivity contribution >= 4 is 17.2 Å². The molecule has 0 amide bonds. The molecule has 1 aromatic heterocycles. The number of carbonyl (C=O) groups is 1. The lowest BCUT2D eigenvalue weighted by atomic mass is 9.79. The van der Waals surface area contributed by atoms with Gasteiger partial charge in [-0.25, -0.2) is 4.99 Å². The first-order valence-electron chi connectivity index (χ1n) is 15.3. The number of hydrogen-bond donors (Lipinski definition) is 1. The third kappa shape index (κ3) is 6.92. The van der Waals surface area contributed by atoms with E-state index in [-0.39, 0.29) is 11.3 Å². The number of Topliss-reactive ketones (excluding diaryl/α,β-unsaturated/α-hetero) is 1. The fourth-order valence-electron chi connectivity index (χ4n) is 6.11. The smallest absolute Gasteiger partial charge is 0.139 e. The first-order chi connectivity index (χ1) is 20.1. The summed E-state index contributed by atoms with van der Waals surface area (Å²) in [5.41, 5.74) is 9.07. The van der Waals surface area contributed by atoms with Crippen LogP contribution in [0.4, 0.5) is 0 Å². The lowest BCUT2D eigenvalue weighted by Gasteiger charge is -2.38. The first kappa shape index (κ1) is 29.6. The lowest BCUT2D eigenvalue weighted by Crippen LogP contribution is -2.43. The van der Waals surface area contributed by atoms with Gasteiger partial charge in [-0.15, -0.1) is 0 Å². The standard InChI is InChI=1S/C38H45N3O/c1-26-10-14-30(15-11-26)28(3)8-7-9-35(42)32-18-21-38(5,6)25-41(23-20-32)37-33-24-34(31-16-12-27(2)13-17-31)40-36(33)29(4)19-22-39-37/h7-8,10-17,19,22,24,28,32,40H,4,9,18,20-21,23,25H2,1-3,5-6H3/b8-7-. The zero-order chi connectivity index (χ0) is 29.9. The molecule has 4 heteroatoms. The zero-order valence-electron chi connectivity index (χ0n) is 25.9. The van der Waals surface area contributed by atoms with Crippen LogP contribution in [0.2, 0.25) is 0 Å². The van der Waals surface area contributed by atoms with E-state index in [4.69, 9.17) is 4.99 Å². The number of amidine groups is 1. The normalized spacial score (nSPS) is 19.5. The minimum Gasteiger partial charge on any atom is -0.356 e. The Morgan fingerprint density at radius 3 is 2.50 bits per heavy atom. The van der Waals surface area contributed by atoms with Gasteiger partial charge >= 0.3 is 0 Å². The number of rotatable bonds is 6.